The van der Waals surface area contributed by atoms with Crippen molar-refractivity contribution in [1.82, 2.24) is 0 Å². The van der Waals surface area contributed by atoms with Gasteiger partial charge in [0.05, 0.1) is 5.75 Å². The van der Waals surface area contributed by atoms with Crippen molar-refractivity contribution in [2.45, 2.75) is 24.9 Å². The summed E-state index contributed by atoms with van der Waals surface area (Å²) in [4.78, 5) is 11.0. The van der Waals surface area contributed by atoms with Gasteiger partial charge in [-0.25, -0.2) is 4.39 Å². The molecule has 1 aromatic carbocycles. The van der Waals surface area contributed by atoms with Crippen molar-refractivity contribution in [3.05, 3.63) is 34.6 Å². The van der Waals surface area contributed by atoms with E-state index in [2.05, 4.69) is 0 Å². The fraction of sp³-hybridized carbons (Fsp3) is 0.417. The first-order valence-electron chi connectivity index (χ1n) is 5.37. The third-order valence-electron chi connectivity index (χ3n) is 2.44. The molecule has 6 heteroatoms. The van der Waals surface area contributed by atoms with E-state index in [1.54, 1.807) is 13.8 Å². The maximum atomic E-state index is 13.5. The van der Waals surface area contributed by atoms with Gasteiger partial charge in [0.25, 0.3) is 0 Å². The SMILES string of the molecule is CC(C)C(C(=O)O)S(=O)Cc1ccc(Cl)cc1F. The van der Waals surface area contributed by atoms with Crippen LogP contribution in [0.2, 0.25) is 5.02 Å². The summed E-state index contributed by atoms with van der Waals surface area (Å²) >= 11 is 5.61. The van der Waals surface area contributed by atoms with Crippen LogP contribution in [-0.2, 0) is 21.3 Å². The highest BCUT2D eigenvalue weighted by Gasteiger charge is 2.28. The Morgan fingerprint density at radius 2 is 2.11 bits per heavy atom. The van der Waals surface area contributed by atoms with Crippen LogP contribution in [0.15, 0.2) is 18.2 Å². The van der Waals surface area contributed by atoms with Gasteiger partial charge < -0.3 is 5.11 Å². The predicted octanol–water partition coefficient (Wildman–Crippen LogP) is 2.84. The van der Waals surface area contributed by atoms with Crippen LogP contribution in [0.3, 0.4) is 0 Å². The third-order valence-corrected chi connectivity index (χ3v) is 4.59. The average Bonchev–Trinajstić information content (AvgIpc) is 2.21. The summed E-state index contributed by atoms with van der Waals surface area (Å²) < 4.78 is 25.5. The number of rotatable bonds is 5. The van der Waals surface area contributed by atoms with Crippen molar-refractivity contribution >= 4 is 28.4 Å². The van der Waals surface area contributed by atoms with Crippen molar-refractivity contribution in [3.63, 3.8) is 0 Å². The number of carboxylic acids is 1. The zero-order chi connectivity index (χ0) is 13.9. The van der Waals surface area contributed by atoms with E-state index in [0.29, 0.717) is 0 Å². The van der Waals surface area contributed by atoms with Crippen molar-refractivity contribution in [2.24, 2.45) is 5.92 Å². The number of halogens is 2. The lowest BCUT2D eigenvalue weighted by Crippen LogP contribution is -2.31. The van der Waals surface area contributed by atoms with E-state index in [1.807, 2.05) is 0 Å². The van der Waals surface area contributed by atoms with Crippen LogP contribution in [0.1, 0.15) is 19.4 Å². The quantitative estimate of drug-likeness (QED) is 0.908. The van der Waals surface area contributed by atoms with Crippen molar-refractivity contribution in [1.29, 1.82) is 0 Å². The number of aliphatic carboxylic acids is 1. The van der Waals surface area contributed by atoms with E-state index >= 15 is 0 Å². The molecule has 3 nitrogen and oxygen atoms in total. The molecule has 0 aliphatic carbocycles. The molecule has 0 saturated heterocycles. The van der Waals surface area contributed by atoms with E-state index in [4.69, 9.17) is 16.7 Å². The first kappa shape index (κ1) is 15.1. The second kappa shape index (κ2) is 6.29. The van der Waals surface area contributed by atoms with Gasteiger partial charge in [-0.05, 0) is 18.1 Å². The van der Waals surface area contributed by atoms with Gasteiger partial charge in [0.2, 0.25) is 0 Å². The summed E-state index contributed by atoms with van der Waals surface area (Å²) in [5.74, 6) is -2.10. The van der Waals surface area contributed by atoms with Crippen LogP contribution in [-0.4, -0.2) is 20.5 Å². The van der Waals surface area contributed by atoms with Crippen LogP contribution in [0, 0.1) is 11.7 Å². The minimum absolute atomic E-state index is 0.127. The van der Waals surface area contributed by atoms with Crippen molar-refractivity contribution in [3.8, 4) is 0 Å². The molecule has 0 fully saturated rings. The molecule has 0 saturated carbocycles. The number of hydrogen-bond acceptors (Lipinski definition) is 2. The molecule has 0 amide bonds. The standard InChI is InChI=1S/C12H14ClFO3S/c1-7(2)11(12(15)16)18(17)6-8-3-4-9(13)5-10(8)14/h3-5,7,11H,6H2,1-2H3,(H,15,16). The molecule has 0 bridgehead atoms. The van der Waals surface area contributed by atoms with Gasteiger partial charge in [-0.2, -0.15) is 0 Å². The highest BCUT2D eigenvalue weighted by molar-refractivity contribution is 7.85. The number of carbonyl (C=O) groups is 1. The molecule has 0 aromatic heterocycles. The molecule has 2 unspecified atom stereocenters. The normalized spacial score (nSPS) is 14.5. The van der Waals surface area contributed by atoms with Crippen LogP contribution < -0.4 is 0 Å². The Hall–Kier alpha value is -0.940. The number of benzene rings is 1. The topological polar surface area (TPSA) is 54.4 Å². The summed E-state index contributed by atoms with van der Waals surface area (Å²) in [6.45, 7) is 3.35. The smallest absolute Gasteiger partial charge is 0.319 e. The van der Waals surface area contributed by atoms with E-state index in [1.165, 1.54) is 12.1 Å². The Labute approximate surface area is 112 Å². The minimum atomic E-state index is -1.67. The Morgan fingerprint density at radius 1 is 1.50 bits per heavy atom. The van der Waals surface area contributed by atoms with Gasteiger partial charge in [0, 0.05) is 21.4 Å². The van der Waals surface area contributed by atoms with Crippen molar-refractivity contribution in [2.75, 3.05) is 0 Å². The lowest BCUT2D eigenvalue weighted by molar-refractivity contribution is -0.137. The molecule has 2 atom stereocenters. The predicted molar refractivity (Wildman–Crippen MR) is 69.5 cm³/mol. The second-order valence-electron chi connectivity index (χ2n) is 4.26. The van der Waals surface area contributed by atoms with Gasteiger partial charge in [0.1, 0.15) is 11.1 Å². The molecular weight excluding hydrogens is 279 g/mol. The first-order chi connectivity index (χ1) is 8.32. The molecule has 0 aliphatic heterocycles. The van der Waals surface area contributed by atoms with Crippen LogP contribution in [0.4, 0.5) is 4.39 Å². The van der Waals surface area contributed by atoms with Crippen LogP contribution >= 0.6 is 11.6 Å². The molecule has 100 valence electrons. The van der Waals surface area contributed by atoms with Gasteiger partial charge in [-0.1, -0.05) is 31.5 Å². The fourth-order valence-electron chi connectivity index (χ4n) is 1.58. The van der Waals surface area contributed by atoms with E-state index in [-0.39, 0.29) is 22.3 Å². The van der Waals surface area contributed by atoms with E-state index in [9.17, 15) is 13.4 Å². The molecule has 1 rings (SSSR count). The molecule has 1 N–H and O–H groups in total. The van der Waals surface area contributed by atoms with Gasteiger partial charge in [-0.3, -0.25) is 9.00 Å². The average molecular weight is 293 g/mol. The lowest BCUT2D eigenvalue weighted by Gasteiger charge is -2.15. The molecule has 0 radical (unpaired) electrons. The van der Waals surface area contributed by atoms with Gasteiger partial charge >= 0.3 is 5.97 Å². The Kier molecular flexibility index (Phi) is 5.28. The van der Waals surface area contributed by atoms with Crippen LogP contribution in [0.25, 0.3) is 0 Å². The summed E-state index contributed by atoms with van der Waals surface area (Å²) in [6.07, 6.45) is 0. The summed E-state index contributed by atoms with van der Waals surface area (Å²) in [5, 5.41) is 8.25. The largest absolute Gasteiger partial charge is 0.480 e. The molecule has 0 spiro atoms. The summed E-state index contributed by atoms with van der Waals surface area (Å²) in [5.41, 5.74) is 0.213. The molecule has 0 aliphatic rings. The Bertz CT molecular complexity index is 476. The highest BCUT2D eigenvalue weighted by Crippen LogP contribution is 2.19. The van der Waals surface area contributed by atoms with E-state index < -0.39 is 27.8 Å². The monoisotopic (exact) mass is 292 g/mol. The van der Waals surface area contributed by atoms with Gasteiger partial charge in [-0.15, -0.1) is 0 Å². The van der Waals surface area contributed by atoms with E-state index in [0.717, 1.165) is 6.07 Å². The lowest BCUT2D eigenvalue weighted by atomic mass is 10.1. The maximum absolute atomic E-state index is 13.5. The Morgan fingerprint density at radius 3 is 2.56 bits per heavy atom. The highest BCUT2D eigenvalue weighted by atomic mass is 35.5. The fourth-order valence-corrected chi connectivity index (χ4v) is 3.29. The number of carboxylic acid groups (broad SMARTS) is 1. The molecule has 0 heterocycles. The van der Waals surface area contributed by atoms with Crippen LogP contribution in [0.5, 0.6) is 0 Å². The van der Waals surface area contributed by atoms with Crippen molar-refractivity contribution < 1.29 is 18.5 Å². The molecule has 18 heavy (non-hydrogen) atoms. The zero-order valence-corrected chi connectivity index (χ0v) is 11.6. The second-order valence-corrected chi connectivity index (χ2v) is 6.26. The first-order valence-corrected chi connectivity index (χ1v) is 7.13. The Balaban J connectivity index is 2.89. The zero-order valence-electron chi connectivity index (χ0n) is 10.0. The van der Waals surface area contributed by atoms with Gasteiger partial charge in [0.15, 0.2) is 0 Å². The third kappa shape index (κ3) is 3.78. The summed E-state index contributed by atoms with van der Waals surface area (Å²) in [6, 6.07) is 4.04. The maximum Gasteiger partial charge on any atom is 0.319 e. The number of hydrogen-bond donors (Lipinski definition) is 1. The molecule has 1 aromatic rings. The molecular formula is C12H14ClFO3S. The summed E-state index contributed by atoms with van der Waals surface area (Å²) in [7, 11) is -1.67. The minimum Gasteiger partial charge on any atom is -0.480 e.